The normalized spacial score (nSPS) is 25.3. The number of nitrogens with zero attached hydrogens (tertiary/aromatic N) is 2. The first-order valence-corrected chi connectivity index (χ1v) is 9.07. The summed E-state index contributed by atoms with van der Waals surface area (Å²) in [6.07, 6.45) is 3.53. The SMILES string of the molecule is C=C(C)CN1CCC(NC(=NC)NC2CC2c2ccccc2)CC1. The minimum atomic E-state index is 0.516. The third-order valence-corrected chi connectivity index (χ3v) is 4.99. The van der Waals surface area contributed by atoms with Gasteiger partial charge < -0.3 is 10.6 Å². The molecule has 1 aliphatic carbocycles. The molecule has 0 spiro atoms. The van der Waals surface area contributed by atoms with Crippen LogP contribution in [-0.2, 0) is 0 Å². The van der Waals surface area contributed by atoms with Crippen LogP contribution in [0.25, 0.3) is 0 Å². The molecule has 2 atom stereocenters. The van der Waals surface area contributed by atoms with E-state index in [9.17, 15) is 0 Å². The Labute approximate surface area is 146 Å². The van der Waals surface area contributed by atoms with Crippen molar-refractivity contribution in [1.82, 2.24) is 15.5 Å². The van der Waals surface area contributed by atoms with Crippen LogP contribution in [0.15, 0.2) is 47.5 Å². The third-order valence-electron chi connectivity index (χ3n) is 4.99. The zero-order valence-electron chi connectivity index (χ0n) is 15.0. The predicted octanol–water partition coefficient (Wildman–Crippen LogP) is 2.75. The van der Waals surface area contributed by atoms with Crippen LogP contribution < -0.4 is 10.6 Å². The maximum absolute atomic E-state index is 4.42. The molecule has 1 aliphatic heterocycles. The van der Waals surface area contributed by atoms with E-state index in [1.165, 1.54) is 30.4 Å². The van der Waals surface area contributed by atoms with Crippen molar-refractivity contribution in [2.75, 3.05) is 26.7 Å². The Hall–Kier alpha value is -1.81. The van der Waals surface area contributed by atoms with Gasteiger partial charge in [-0.25, -0.2) is 0 Å². The molecule has 2 fully saturated rings. The number of rotatable bonds is 5. The molecule has 130 valence electrons. The Morgan fingerprint density at radius 2 is 1.92 bits per heavy atom. The fraction of sp³-hybridized carbons (Fsp3) is 0.550. The van der Waals surface area contributed by atoms with Gasteiger partial charge in [0.15, 0.2) is 5.96 Å². The lowest BCUT2D eigenvalue weighted by atomic mass is 10.0. The molecule has 2 N–H and O–H groups in total. The highest BCUT2D eigenvalue weighted by molar-refractivity contribution is 5.80. The molecule has 1 saturated carbocycles. The molecule has 0 amide bonds. The summed E-state index contributed by atoms with van der Waals surface area (Å²) >= 11 is 0. The molecule has 0 radical (unpaired) electrons. The molecular weight excluding hydrogens is 296 g/mol. The van der Waals surface area contributed by atoms with E-state index in [0.29, 0.717) is 18.0 Å². The average molecular weight is 326 g/mol. The van der Waals surface area contributed by atoms with E-state index in [2.05, 4.69) is 64.4 Å². The molecule has 24 heavy (non-hydrogen) atoms. The summed E-state index contributed by atoms with van der Waals surface area (Å²) in [4.78, 5) is 6.91. The fourth-order valence-corrected chi connectivity index (χ4v) is 3.58. The van der Waals surface area contributed by atoms with Crippen molar-refractivity contribution < 1.29 is 0 Å². The summed E-state index contributed by atoms with van der Waals surface area (Å²) < 4.78 is 0. The first kappa shape index (κ1) is 17.0. The van der Waals surface area contributed by atoms with Gasteiger partial charge in [-0.05, 0) is 31.7 Å². The van der Waals surface area contributed by atoms with Gasteiger partial charge >= 0.3 is 0 Å². The standard InChI is InChI=1S/C20H30N4/c1-15(2)14-24-11-9-17(10-12-24)22-20(21-3)23-19-13-18(19)16-7-5-4-6-8-16/h4-8,17-19H,1,9-14H2,2-3H3,(H2,21,22,23). The van der Waals surface area contributed by atoms with Crippen LogP contribution in [0, 0.1) is 0 Å². The van der Waals surface area contributed by atoms with Crippen molar-refractivity contribution in [1.29, 1.82) is 0 Å². The quantitative estimate of drug-likeness (QED) is 0.496. The summed E-state index contributed by atoms with van der Waals surface area (Å²) in [7, 11) is 1.87. The largest absolute Gasteiger partial charge is 0.354 e. The Morgan fingerprint density at radius 1 is 1.21 bits per heavy atom. The minimum Gasteiger partial charge on any atom is -0.354 e. The van der Waals surface area contributed by atoms with Gasteiger partial charge in [-0.1, -0.05) is 42.5 Å². The number of aliphatic imine (C=N–C) groups is 1. The van der Waals surface area contributed by atoms with Crippen LogP contribution in [-0.4, -0.2) is 49.6 Å². The number of guanidine groups is 1. The summed E-state index contributed by atoms with van der Waals surface area (Å²) in [5, 5.41) is 7.20. The molecule has 4 heteroatoms. The lowest BCUT2D eigenvalue weighted by Crippen LogP contribution is -2.49. The van der Waals surface area contributed by atoms with Crippen molar-refractivity contribution in [3.05, 3.63) is 48.0 Å². The summed E-state index contributed by atoms with van der Waals surface area (Å²) in [6, 6.07) is 11.8. The topological polar surface area (TPSA) is 39.7 Å². The zero-order valence-corrected chi connectivity index (χ0v) is 15.0. The molecule has 4 nitrogen and oxygen atoms in total. The summed E-state index contributed by atoms with van der Waals surface area (Å²) in [6.45, 7) is 9.42. The number of piperidine rings is 1. The maximum atomic E-state index is 4.42. The Morgan fingerprint density at radius 3 is 2.54 bits per heavy atom. The van der Waals surface area contributed by atoms with Crippen LogP contribution in [0.3, 0.4) is 0 Å². The monoisotopic (exact) mass is 326 g/mol. The predicted molar refractivity (Wildman–Crippen MR) is 101 cm³/mol. The Balaban J connectivity index is 1.43. The highest BCUT2D eigenvalue weighted by Crippen LogP contribution is 2.40. The smallest absolute Gasteiger partial charge is 0.191 e. The van der Waals surface area contributed by atoms with E-state index in [-0.39, 0.29) is 0 Å². The lowest BCUT2D eigenvalue weighted by molar-refractivity contribution is 0.221. The first-order valence-electron chi connectivity index (χ1n) is 9.07. The van der Waals surface area contributed by atoms with Gasteiger partial charge in [-0.15, -0.1) is 0 Å². The second-order valence-electron chi connectivity index (χ2n) is 7.23. The van der Waals surface area contributed by atoms with Crippen LogP contribution in [0.2, 0.25) is 0 Å². The second kappa shape index (κ2) is 7.84. The highest BCUT2D eigenvalue weighted by atomic mass is 15.2. The van der Waals surface area contributed by atoms with Crippen LogP contribution >= 0.6 is 0 Å². The van der Waals surface area contributed by atoms with Crippen molar-refractivity contribution in [3.63, 3.8) is 0 Å². The number of hydrogen-bond donors (Lipinski definition) is 2. The van der Waals surface area contributed by atoms with Crippen molar-refractivity contribution in [2.45, 2.75) is 44.2 Å². The van der Waals surface area contributed by atoms with Gasteiger partial charge in [-0.3, -0.25) is 9.89 Å². The molecule has 1 aromatic rings. The van der Waals surface area contributed by atoms with Crippen LogP contribution in [0.1, 0.15) is 37.7 Å². The Kier molecular flexibility index (Phi) is 5.56. The molecule has 1 heterocycles. The summed E-state index contributed by atoms with van der Waals surface area (Å²) in [5.41, 5.74) is 2.68. The number of benzene rings is 1. The van der Waals surface area contributed by atoms with Crippen LogP contribution in [0.5, 0.6) is 0 Å². The van der Waals surface area contributed by atoms with Crippen molar-refractivity contribution in [2.24, 2.45) is 4.99 Å². The fourth-order valence-electron chi connectivity index (χ4n) is 3.58. The van der Waals surface area contributed by atoms with Crippen LogP contribution in [0.4, 0.5) is 0 Å². The molecule has 3 rings (SSSR count). The molecule has 1 saturated heterocycles. The van der Waals surface area contributed by atoms with Crippen molar-refractivity contribution >= 4 is 5.96 Å². The van der Waals surface area contributed by atoms with E-state index in [1.54, 1.807) is 0 Å². The van der Waals surface area contributed by atoms with E-state index in [4.69, 9.17) is 0 Å². The average Bonchev–Trinajstić information content (AvgIpc) is 3.35. The zero-order chi connectivity index (χ0) is 16.9. The van der Waals surface area contributed by atoms with Gasteiger partial charge in [0.1, 0.15) is 0 Å². The highest BCUT2D eigenvalue weighted by Gasteiger charge is 2.39. The Bertz CT molecular complexity index is 573. The van der Waals surface area contributed by atoms with E-state index in [1.807, 2.05) is 7.05 Å². The molecule has 2 aliphatic rings. The van der Waals surface area contributed by atoms with Gasteiger partial charge in [0.2, 0.25) is 0 Å². The van der Waals surface area contributed by atoms with E-state index >= 15 is 0 Å². The molecule has 2 unspecified atom stereocenters. The lowest BCUT2D eigenvalue weighted by Gasteiger charge is -2.33. The summed E-state index contributed by atoms with van der Waals surface area (Å²) in [5.74, 6) is 1.58. The first-order chi connectivity index (χ1) is 11.7. The molecular formula is C20H30N4. The number of nitrogens with one attached hydrogen (secondary N) is 2. The number of hydrogen-bond acceptors (Lipinski definition) is 2. The van der Waals surface area contributed by atoms with Gasteiger partial charge in [0.05, 0.1) is 0 Å². The number of likely N-dealkylation sites (tertiary alicyclic amines) is 1. The van der Waals surface area contributed by atoms with Gasteiger partial charge in [0, 0.05) is 44.7 Å². The molecule has 0 bridgehead atoms. The minimum absolute atomic E-state index is 0.516. The van der Waals surface area contributed by atoms with E-state index < -0.39 is 0 Å². The maximum Gasteiger partial charge on any atom is 0.191 e. The van der Waals surface area contributed by atoms with Gasteiger partial charge in [0.25, 0.3) is 0 Å². The van der Waals surface area contributed by atoms with Crippen molar-refractivity contribution in [3.8, 4) is 0 Å². The van der Waals surface area contributed by atoms with Gasteiger partial charge in [-0.2, -0.15) is 0 Å². The van der Waals surface area contributed by atoms with E-state index in [0.717, 1.165) is 25.6 Å². The second-order valence-corrected chi connectivity index (χ2v) is 7.23. The molecule has 0 aromatic heterocycles. The molecule has 1 aromatic carbocycles. The third kappa shape index (κ3) is 4.60.